The molecule has 0 spiro atoms. The molecule has 0 N–H and O–H groups in total. The molecule has 0 amide bonds. The Morgan fingerprint density at radius 3 is 1.88 bits per heavy atom. The molecule has 17 heavy (non-hydrogen) atoms. The van der Waals surface area contributed by atoms with Gasteiger partial charge in [-0.2, -0.15) is 0 Å². The maximum atomic E-state index is 11.4. The van der Waals surface area contributed by atoms with Crippen molar-refractivity contribution >= 4 is 10.0 Å². The molecule has 5 heteroatoms. The van der Waals surface area contributed by atoms with Crippen LogP contribution in [-0.4, -0.2) is 44.8 Å². The molecule has 2 atom stereocenters. The summed E-state index contributed by atoms with van der Waals surface area (Å²) in [6.45, 7) is 10.7. The summed E-state index contributed by atoms with van der Waals surface area (Å²) in [4.78, 5) is 0. The van der Waals surface area contributed by atoms with Gasteiger partial charge in [-0.1, -0.05) is 20.8 Å². The molecule has 0 aliphatic carbocycles. The van der Waals surface area contributed by atoms with E-state index in [4.69, 9.17) is 4.74 Å². The van der Waals surface area contributed by atoms with E-state index in [1.54, 1.807) is 7.05 Å². The summed E-state index contributed by atoms with van der Waals surface area (Å²) in [6.07, 6.45) is 1.27. The fraction of sp³-hybridized carbons (Fsp3) is 1.00. The Bertz CT molecular complexity index is 312. The monoisotopic (exact) mass is 265 g/mol. The lowest BCUT2D eigenvalue weighted by atomic mass is 9.92. The second-order valence-corrected chi connectivity index (χ2v) is 7.46. The normalized spacial score (nSPS) is 16.8. The van der Waals surface area contributed by atoms with E-state index in [1.807, 2.05) is 13.8 Å². The first-order valence-corrected chi connectivity index (χ1v) is 7.97. The first-order valence-electron chi connectivity index (χ1n) is 6.12. The van der Waals surface area contributed by atoms with Crippen LogP contribution in [0.1, 0.15) is 34.6 Å². The van der Waals surface area contributed by atoms with E-state index < -0.39 is 10.0 Å². The zero-order valence-corrected chi connectivity index (χ0v) is 12.9. The molecule has 0 aliphatic heterocycles. The summed E-state index contributed by atoms with van der Waals surface area (Å²) in [5, 5.41) is 0. The van der Waals surface area contributed by atoms with Crippen LogP contribution in [0.15, 0.2) is 0 Å². The Morgan fingerprint density at radius 1 is 1.12 bits per heavy atom. The number of hydrogen-bond donors (Lipinski definition) is 0. The van der Waals surface area contributed by atoms with Crippen molar-refractivity contribution in [1.82, 2.24) is 4.31 Å². The molecular weight excluding hydrogens is 238 g/mol. The molecule has 0 saturated carbocycles. The van der Waals surface area contributed by atoms with Crippen LogP contribution >= 0.6 is 0 Å². The predicted octanol–water partition coefficient (Wildman–Crippen LogP) is 1.96. The number of ether oxygens (including phenoxy) is 1. The molecule has 0 rings (SSSR count). The molecule has 2 unspecified atom stereocenters. The third-order valence-corrected chi connectivity index (χ3v) is 4.37. The first kappa shape index (κ1) is 16.9. The maximum absolute atomic E-state index is 11.4. The highest BCUT2D eigenvalue weighted by Gasteiger charge is 2.26. The highest BCUT2D eigenvalue weighted by Crippen LogP contribution is 2.20. The average Bonchev–Trinajstić information content (AvgIpc) is 2.12. The molecule has 0 heterocycles. The number of sulfonamides is 1. The van der Waals surface area contributed by atoms with Crippen molar-refractivity contribution in [2.45, 2.75) is 46.8 Å². The van der Waals surface area contributed by atoms with Crippen LogP contribution in [0.2, 0.25) is 0 Å². The first-order chi connectivity index (χ1) is 7.55. The molecule has 0 aliphatic rings. The van der Waals surface area contributed by atoms with Crippen molar-refractivity contribution in [3.63, 3.8) is 0 Å². The summed E-state index contributed by atoms with van der Waals surface area (Å²) in [7, 11) is -1.54. The van der Waals surface area contributed by atoms with Crippen molar-refractivity contribution in [1.29, 1.82) is 0 Å². The highest BCUT2D eigenvalue weighted by atomic mass is 32.2. The Balaban J connectivity index is 4.71. The van der Waals surface area contributed by atoms with Crippen LogP contribution in [0, 0.1) is 11.8 Å². The second-order valence-electron chi connectivity index (χ2n) is 5.37. The van der Waals surface area contributed by atoms with Crippen LogP contribution in [0.25, 0.3) is 0 Å². The van der Waals surface area contributed by atoms with E-state index in [1.165, 1.54) is 10.6 Å². The molecule has 0 bridgehead atoms. The molecule has 0 radical (unpaired) electrons. The fourth-order valence-electron chi connectivity index (χ4n) is 1.50. The van der Waals surface area contributed by atoms with Gasteiger partial charge in [-0.05, 0) is 25.7 Å². The van der Waals surface area contributed by atoms with E-state index in [-0.39, 0.29) is 12.2 Å². The van der Waals surface area contributed by atoms with Crippen molar-refractivity contribution in [2.75, 3.05) is 19.8 Å². The average molecular weight is 265 g/mol. The lowest BCUT2D eigenvalue weighted by Gasteiger charge is -2.31. The largest absolute Gasteiger partial charge is 0.374 e. The van der Waals surface area contributed by atoms with Gasteiger partial charge in [0.25, 0.3) is 0 Å². The quantitative estimate of drug-likeness (QED) is 0.707. The molecule has 0 aromatic heterocycles. The Hall–Kier alpha value is -0.130. The van der Waals surface area contributed by atoms with Crippen molar-refractivity contribution in [3.8, 4) is 0 Å². The third-order valence-electron chi connectivity index (χ3n) is 3.09. The van der Waals surface area contributed by atoms with Crippen LogP contribution in [0.4, 0.5) is 0 Å². The van der Waals surface area contributed by atoms with E-state index >= 15 is 0 Å². The Morgan fingerprint density at radius 2 is 1.59 bits per heavy atom. The Kier molecular flexibility index (Phi) is 6.66. The molecule has 0 aromatic carbocycles. The smallest absolute Gasteiger partial charge is 0.211 e. The van der Waals surface area contributed by atoms with Gasteiger partial charge in [0.1, 0.15) is 0 Å². The van der Waals surface area contributed by atoms with Crippen molar-refractivity contribution in [2.24, 2.45) is 11.8 Å². The second kappa shape index (κ2) is 6.71. The minimum Gasteiger partial charge on any atom is -0.374 e. The summed E-state index contributed by atoms with van der Waals surface area (Å²) in [6, 6.07) is 0. The van der Waals surface area contributed by atoms with Gasteiger partial charge < -0.3 is 4.74 Å². The van der Waals surface area contributed by atoms with Crippen LogP contribution in [-0.2, 0) is 14.8 Å². The SMILES string of the molecule is CC(C)OC(CN(C)S(C)(=O)=O)C(C)C(C)C. The highest BCUT2D eigenvalue weighted by molar-refractivity contribution is 7.88. The minimum absolute atomic E-state index is 0.0604. The lowest BCUT2D eigenvalue weighted by Crippen LogP contribution is -2.40. The van der Waals surface area contributed by atoms with Gasteiger partial charge in [-0.3, -0.25) is 0 Å². The van der Waals surface area contributed by atoms with Gasteiger partial charge in [-0.25, -0.2) is 12.7 Å². The predicted molar refractivity (Wildman–Crippen MR) is 71.5 cm³/mol. The van der Waals surface area contributed by atoms with E-state index in [0.29, 0.717) is 18.4 Å². The number of nitrogens with zero attached hydrogens (tertiary/aromatic N) is 1. The molecule has 0 saturated heterocycles. The zero-order valence-electron chi connectivity index (χ0n) is 12.1. The van der Waals surface area contributed by atoms with Crippen LogP contribution < -0.4 is 0 Å². The van der Waals surface area contributed by atoms with Crippen molar-refractivity contribution in [3.05, 3.63) is 0 Å². The summed E-state index contributed by atoms with van der Waals surface area (Å²) in [5.41, 5.74) is 0. The van der Waals surface area contributed by atoms with Gasteiger partial charge in [0, 0.05) is 13.6 Å². The molecule has 0 aromatic rings. The zero-order chi connectivity index (χ0) is 13.8. The number of hydrogen-bond acceptors (Lipinski definition) is 3. The number of likely N-dealkylation sites (N-methyl/N-ethyl adjacent to an activating group) is 1. The molecular formula is C12H27NO3S. The topological polar surface area (TPSA) is 46.6 Å². The summed E-state index contributed by atoms with van der Waals surface area (Å²) >= 11 is 0. The summed E-state index contributed by atoms with van der Waals surface area (Å²) in [5.74, 6) is 0.785. The maximum Gasteiger partial charge on any atom is 0.211 e. The molecule has 0 fully saturated rings. The summed E-state index contributed by atoms with van der Waals surface area (Å²) < 4.78 is 30.0. The minimum atomic E-state index is -3.14. The molecule has 104 valence electrons. The third kappa shape index (κ3) is 6.38. The van der Waals surface area contributed by atoms with E-state index in [9.17, 15) is 8.42 Å². The molecule has 4 nitrogen and oxygen atoms in total. The van der Waals surface area contributed by atoms with Gasteiger partial charge >= 0.3 is 0 Å². The van der Waals surface area contributed by atoms with Crippen LogP contribution in [0.3, 0.4) is 0 Å². The van der Waals surface area contributed by atoms with E-state index in [2.05, 4.69) is 20.8 Å². The standard InChI is InChI=1S/C12H27NO3S/c1-9(2)11(5)12(16-10(3)4)8-13(6)17(7,14)15/h9-12H,8H2,1-7H3. The van der Waals surface area contributed by atoms with Gasteiger partial charge in [0.05, 0.1) is 18.5 Å². The lowest BCUT2D eigenvalue weighted by molar-refractivity contribution is -0.0387. The van der Waals surface area contributed by atoms with Gasteiger partial charge in [0.15, 0.2) is 0 Å². The van der Waals surface area contributed by atoms with Gasteiger partial charge in [0.2, 0.25) is 10.0 Å². The Labute approximate surface area is 106 Å². The van der Waals surface area contributed by atoms with E-state index in [0.717, 1.165) is 0 Å². The fourth-order valence-corrected chi connectivity index (χ4v) is 1.92. The van der Waals surface area contributed by atoms with Gasteiger partial charge in [-0.15, -0.1) is 0 Å². The number of rotatable bonds is 7. The van der Waals surface area contributed by atoms with Crippen LogP contribution in [0.5, 0.6) is 0 Å². The van der Waals surface area contributed by atoms with Crippen molar-refractivity contribution < 1.29 is 13.2 Å².